The molecule has 0 aromatic heterocycles. The number of amides is 2. The van der Waals surface area contributed by atoms with E-state index in [9.17, 15) is 14.4 Å². The van der Waals surface area contributed by atoms with Gasteiger partial charge in [-0.15, -0.1) is 0 Å². The van der Waals surface area contributed by atoms with Gasteiger partial charge in [-0.1, -0.05) is 37.3 Å². The number of hydrogen-bond acceptors (Lipinski definition) is 4. The summed E-state index contributed by atoms with van der Waals surface area (Å²) in [4.78, 5) is 36.4. The molecule has 0 spiro atoms. The molecule has 1 heterocycles. The van der Waals surface area contributed by atoms with Crippen LogP contribution < -0.4 is 0 Å². The summed E-state index contributed by atoms with van der Waals surface area (Å²) in [6.45, 7) is 1.93. The normalized spacial score (nSPS) is 19.4. The zero-order valence-electron chi connectivity index (χ0n) is 9.96. The molecule has 2 rings (SSSR count). The van der Waals surface area contributed by atoms with Crippen molar-refractivity contribution in [2.45, 2.75) is 25.1 Å². The lowest BCUT2D eigenvalue weighted by molar-refractivity contribution is -0.131. The fraction of sp³-hybridized carbons (Fsp3) is 0.308. The van der Waals surface area contributed by atoms with Gasteiger partial charge in [0, 0.05) is 6.42 Å². The van der Waals surface area contributed by atoms with E-state index in [1.165, 1.54) is 0 Å². The summed E-state index contributed by atoms with van der Waals surface area (Å²) >= 11 is 0.822. The predicted octanol–water partition coefficient (Wildman–Crippen LogP) is 2.23. The van der Waals surface area contributed by atoms with E-state index in [0.717, 1.165) is 22.2 Å². The smallest absolute Gasteiger partial charge is 0.289 e. The number of ketones is 1. The van der Waals surface area contributed by atoms with E-state index in [2.05, 4.69) is 0 Å². The Bertz CT molecular complexity index is 486. The van der Waals surface area contributed by atoms with E-state index >= 15 is 0 Å². The number of nitrogens with zero attached hydrogens (tertiary/aromatic N) is 1. The van der Waals surface area contributed by atoms with Crippen molar-refractivity contribution in [1.82, 2.24) is 4.90 Å². The van der Waals surface area contributed by atoms with Crippen LogP contribution in [-0.2, 0) is 16.1 Å². The first-order valence-electron chi connectivity index (χ1n) is 5.72. The summed E-state index contributed by atoms with van der Waals surface area (Å²) in [5.74, 6) is -0.574. The molecule has 4 nitrogen and oxygen atoms in total. The van der Waals surface area contributed by atoms with E-state index in [1.54, 1.807) is 6.92 Å². The number of Topliss-reactive ketones (excluding diaryl/α,β-unsaturated/α-hetero) is 1. The SMILES string of the molecule is CCC(=O)C1SC(=O)N(Cc2ccccc2)C1=O. The van der Waals surface area contributed by atoms with Crippen molar-refractivity contribution in [2.24, 2.45) is 0 Å². The molecule has 0 aliphatic carbocycles. The molecule has 0 N–H and O–H groups in total. The number of carbonyl (C=O) groups excluding carboxylic acids is 3. The van der Waals surface area contributed by atoms with E-state index in [1.807, 2.05) is 30.3 Å². The number of hydrogen-bond donors (Lipinski definition) is 0. The molecule has 0 bridgehead atoms. The number of benzene rings is 1. The van der Waals surface area contributed by atoms with Gasteiger partial charge in [-0.2, -0.15) is 0 Å². The maximum Gasteiger partial charge on any atom is 0.289 e. The molecular weight excluding hydrogens is 250 g/mol. The third kappa shape index (κ3) is 2.46. The Hall–Kier alpha value is -1.62. The Balaban J connectivity index is 2.13. The van der Waals surface area contributed by atoms with Gasteiger partial charge in [-0.3, -0.25) is 19.3 Å². The fourth-order valence-electron chi connectivity index (χ4n) is 1.74. The minimum absolute atomic E-state index is 0.186. The van der Waals surface area contributed by atoms with Crippen LogP contribution in [-0.4, -0.2) is 27.1 Å². The van der Waals surface area contributed by atoms with Gasteiger partial charge in [0.25, 0.3) is 11.1 Å². The van der Waals surface area contributed by atoms with Crippen LogP contribution in [0.15, 0.2) is 30.3 Å². The van der Waals surface area contributed by atoms with Crippen molar-refractivity contribution in [1.29, 1.82) is 0 Å². The largest absolute Gasteiger partial charge is 0.298 e. The zero-order valence-corrected chi connectivity index (χ0v) is 10.8. The molecular formula is C13H13NO3S. The molecule has 0 saturated carbocycles. The first kappa shape index (κ1) is 12.8. The average Bonchev–Trinajstić information content (AvgIpc) is 2.67. The van der Waals surface area contributed by atoms with Crippen LogP contribution in [0.3, 0.4) is 0 Å². The summed E-state index contributed by atoms with van der Waals surface area (Å²) in [7, 11) is 0. The van der Waals surface area contributed by atoms with Crippen molar-refractivity contribution >= 4 is 28.7 Å². The van der Waals surface area contributed by atoms with E-state index in [4.69, 9.17) is 0 Å². The van der Waals surface area contributed by atoms with Crippen molar-refractivity contribution < 1.29 is 14.4 Å². The second-order valence-electron chi connectivity index (χ2n) is 3.99. The second kappa shape index (κ2) is 5.35. The minimum Gasteiger partial charge on any atom is -0.298 e. The van der Waals surface area contributed by atoms with Gasteiger partial charge in [-0.25, -0.2) is 0 Å². The average molecular weight is 263 g/mol. The Morgan fingerprint density at radius 2 is 1.94 bits per heavy atom. The Kier molecular flexibility index (Phi) is 3.81. The first-order chi connectivity index (χ1) is 8.63. The maximum absolute atomic E-state index is 12.0. The van der Waals surface area contributed by atoms with Gasteiger partial charge in [0.2, 0.25) is 0 Å². The Morgan fingerprint density at radius 3 is 2.56 bits per heavy atom. The van der Waals surface area contributed by atoms with E-state index in [0.29, 0.717) is 0 Å². The van der Waals surface area contributed by atoms with Crippen molar-refractivity contribution in [3.63, 3.8) is 0 Å². The summed E-state index contributed by atoms with van der Waals surface area (Å²) in [6, 6.07) is 9.26. The highest BCUT2D eigenvalue weighted by molar-refractivity contribution is 8.15. The molecule has 1 unspecified atom stereocenters. The molecule has 2 amide bonds. The Morgan fingerprint density at radius 1 is 1.28 bits per heavy atom. The molecule has 1 saturated heterocycles. The third-order valence-corrected chi connectivity index (χ3v) is 3.88. The predicted molar refractivity (Wildman–Crippen MR) is 69.1 cm³/mol. The van der Waals surface area contributed by atoms with Crippen LogP contribution in [0, 0.1) is 0 Å². The minimum atomic E-state index is -0.841. The van der Waals surface area contributed by atoms with Crippen molar-refractivity contribution in [3.05, 3.63) is 35.9 Å². The topological polar surface area (TPSA) is 54.5 Å². The van der Waals surface area contributed by atoms with Gasteiger partial charge in [0.15, 0.2) is 11.0 Å². The molecule has 1 aromatic rings. The van der Waals surface area contributed by atoms with Crippen LogP contribution in [0.1, 0.15) is 18.9 Å². The third-order valence-electron chi connectivity index (χ3n) is 2.75. The highest BCUT2D eigenvalue weighted by Crippen LogP contribution is 2.29. The quantitative estimate of drug-likeness (QED) is 0.782. The molecule has 1 fully saturated rings. The first-order valence-corrected chi connectivity index (χ1v) is 6.60. The lowest BCUT2D eigenvalue weighted by Crippen LogP contribution is -2.33. The zero-order chi connectivity index (χ0) is 13.1. The molecule has 5 heteroatoms. The highest BCUT2D eigenvalue weighted by Gasteiger charge is 2.42. The standard InChI is InChI=1S/C13H13NO3S/c1-2-10(15)11-12(16)14(13(17)18-11)8-9-6-4-3-5-7-9/h3-7,11H,2,8H2,1H3. The van der Waals surface area contributed by atoms with E-state index < -0.39 is 5.25 Å². The Labute approximate surface area is 109 Å². The number of imide groups is 1. The lowest BCUT2D eigenvalue weighted by Gasteiger charge is -2.13. The van der Waals surface area contributed by atoms with Crippen LogP contribution in [0.2, 0.25) is 0 Å². The van der Waals surface area contributed by atoms with Crippen LogP contribution >= 0.6 is 11.8 Å². The molecule has 0 radical (unpaired) electrons. The van der Waals surface area contributed by atoms with Crippen LogP contribution in [0.4, 0.5) is 4.79 Å². The fourth-order valence-corrected chi connectivity index (χ4v) is 2.75. The second-order valence-corrected chi connectivity index (χ2v) is 5.05. The maximum atomic E-state index is 12.0. The van der Waals surface area contributed by atoms with Gasteiger partial charge >= 0.3 is 0 Å². The molecule has 18 heavy (non-hydrogen) atoms. The van der Waals surface area contributed by atoms with Crippen molar-refractivity contribution in [2.75, 3.05) is 0 Å². The van der Waals surface area contributed by atoms with Crippen molar-refractivity contribution in [3.8, 4) is 0 Å². The highest BCUT2D eigenvalue weighted by atomic mass is 32.2. The van der Waals surface area contributed by atoms with Crippen LogP contribution in [0.5, 0.6) is 0 Å². The number of thioether (sulfide) groups is 1. The van der Waals surface area contributed by atoms with E-state index in [-0.39, 0.29) is 29.9 Å². The van der Waals surface area contributed by atoms with Gasteiger partial charge in [0.1, 0.15) is 0 Å². The molecule has 1 aliphatic heterocycles. The molecule has 1 aliphatic rings. The molecule has 94 valence electrons. The number of rotatable bonds is 4. The summed E-state index contributed by atoms with van der Waals surface area (Å²) in [6.07, 6.45) is 0.274. The van der Waals surface area contributed by atoms with Gasteiger partial charge in [0.05, 0.1) is 6.54 Å². The number of carbonyl (C=O) groups is 3. The lowest BCUT2D eigenvalue weighted by atomic mass is 10.2. The van der Waals surface area contributed by atoms with Gasteiger partial charge in [-0.05, 0) is 17.3 Å². The summed E-state index contributed by atoms with van der Waals surface area (Å²) in [5.41, 5.74) is 0.879. The summed E-state index contributed by atoms with van der Waals surface area (Å²) in [5, 5.41) is -1.18. The molecule has 1 atom stereocenters. The van der Waals surface area contributed by atoms with Gasteiger partial charge < -0.3 is 0 Å². The summed E-state index contributed by atoms with van der Waals surface area (Å²) < 4.78 is 0. The molecule has 1 aromatic carbocycles. The monoisotopic (exact) mass is 263 g/mol. The van der Waals surface area contributed by atoms with Crippen LogP contribution in [0.25, 0.3) is 0 Å².